The first-order valence-electron chi connectivity index (χ1n) is 20.3. The fraction of sp³-hybridized carbons (Fsp3) is 0.558. The molecular formula is C43H55ClN6O5S. The number of nitrogens with zero attached hydrogens (tertiary/aromatic N) is 5. The third kappa shape index (κ3) is 7.84. The monoisotopic (exact) mass is 802 g/mol. The molecule has 1 saturated heterocycles. The number of fused-ring (bicyclic) bond motifs is 4. The Morgan fingerprint density at radius 2 is 1.82 bits per heavy atom. The fourth-order valence-corrected chi connectivity index (χ4v) is 11.4. The van der Waals surface area contributed by atoms with Gasteiger partial charge in [-0.15, -0.1) is 0 Å². The van der Waals surface area contributed by atoms with Crippen molar-refractivity contribution >= 4 is 33.2 Å². The van der Waals surface area contributed by atoms with E-state index >= 15 is 0 Å². The van der Waals surface area contributed by atoms with E-state index in [1.807, 2.05) is 38.3 Å². The Morgan fingerprint density at radius 1 is 1.04 bits per heavy atom. The predicted molar refractivity (Wildman–Crippen MR) is 219 cm³/mol. The molecule has 1 amide bonds. The van der Waals surface area contributed by atoms with Crippen LogP contribution in [0.2, 0.25) is 5.02 Å². The van der Waals surface area contributed by atoms with Crippen molar-refractivity contribution in [1.82, 2.24) is 24.5 Å². The summed E-state index contributed by atoms with van der Waals surface area (Å²) in [5.41, 5.74) is 2.82. The van der Waals surface area contributed by atoms with Crippen LogP contribution < -0.4 is 14.4 Å². The summed E-state index contributed by atoms with van der Waals surface area (Å²) in [5, 5.41) is -0.0506. The van der Waals surface area contributed by atoms with Gasteiger partial charge >= 0.3 is 0 Å². The van der Waals surface area contributed by atoms with Crippen molar-refractivity contribution in [3.63, 3.8) is 0 Å². The normalized spacial score (nSPS) is 31.6. The number of amides is 1. The summed E-state index contributed by atoms with van der Waals surface area (Å²) in [7, 11) is -2.13. The number of carbonyl (C=O) groups is 1. The molecule has 300 valence electrons. The van der Waals surface area contributed by atoms with Crippen LogP contribution in [0, 0.1) is 17.8 Å². The summed E-state index contributed by atoms with van der Waals surface area (Å²) in [6, 6.07) is 13.5. The van der Waals surface area contributed by atoms with Crippen LogP contribution in [-0.2, 0) is 33.1 Å². The number of rotatable bonds is 5. The van der Waals surface area contributed by atoms with E-state index in [0.717, 1.165) is 94.5 Å². The van der Waals surface area contributed by atoms with Gasteiger partial charge in [-0.2, -0.15) is 0 Å². The highest BCUT2D eigenvalue weighted by molar-refractivity contribution is 7.90. The third-order valence-corrected chi connectivity index (χ3v) is 15.7. The molecule has 13 heteroatoms. The summed E-state index contributed by atoms with van der Waals surface area (Å²) in [6.45, 7) is 10.7. The number of carbonyl (C=O) groups excluding carboxylic acids is 1. The highest BCUT2D eigenvalue weighted by Gasteiger charge is 2.50. The largest absolute Gasteiger partial charge is 0.490 e. The Kier molecular flexibility index (Phi) is 11.2. The van der Waals surface area contributed by atoms with E-state index in [1.54, 1.807) is 25.4 Å². The smallest absolute Gasteiger partial charge is 0.264 e. The number of methoxy groups -OCH3 is 1. The standard InChI is InChI=1S/C43H55ClN6O5S/c1-30-7-4-16-43(54-3,28-49-21-19-48(20-22-49)26-40-45-17-6-18-46-40)37-12-9-34(37)25-50-27-42(15-5-8-32-23-35(44)11-13-36(32)42)29-55-39-14-10-33(24-38(39)50)41(51)47-56(52,53)31(30)2/h4,6,10-11,13-14,16-18,23-24,30-31,34,37H,5,7-9,12,15,19-22,25-29H2,1-3H3,(H,47,51)/b16-4-/t30-,31+,34-,37+,42-,43+/m0/s1. The number of benzene rings is 2. The molecule has 8 rings (SSSR count). The molecule has 1 N–H and O–H groups in total. The van der Waals surface area contributed by atoms with Crippen LogP contribution in [0.15, 0.2) is 67.0 Å². The van der Waals surface area contributed by atoms with Crippen molar-refractivity contribution in [2.45, 2.75) is 75.2 Å². The predicted octanol–water partition coefficient (Wildman–Crippen LogP) is 5.88. The van der Waals surface area contributed by atoms with Gasteiger partial charge in [0.1, 0.15) is 17.2 Å². The second-order valence-corrected chi connectivity index (χ2v) is 19.4. The molecule has 5 aliphatic rings. The van der Waals surface area contributed by atoms with E-state index in [4.69, 9.17) is 21.1 Å². The molecule has 3 aliphatic heterocycles. The van der Waals surface area contributed by atoms with E-state index in [2.05, 4.69) is 53.7 Å². The molecule has 1 aromatic heterocycles. The van der Waals surface area contributed by atoms with Gasteiger partial charge in [0.2, 0.25) is 10.0 Å². The molecule has 1 spiro atoms. The van der Waals surface area contributed by atoms with Gasteiger partial charge in [0.25, 0.3) is 5.91 Å². The maximum atomic E-state index is 13.7. The Hall–Kier alpha value is -3.55. The number of sulfonamides is 1. The first kappa shape index (κ1) is 39.3. The SMILES string of the molecule is CO[C@@]1(CN2CCN(Cc3ncccn3)CC2)/C=C\C[C@H](C)[C@@H](C)S(=O)(=O)NC(=O)c2ccc3c(c2)N(C[C@@H]2CC[C@H]21)C[C@@]1(CCCc2cc(Cl)ccc21)CO3. The first-order valence-corrected chi connectivity index (χ1v) is 22.2. The molecule has 11 nitrogen and oxygen atoms in total. The minimum atomic E-state index is -3.97. The summed E-state index contributed by atoms with van der Waals surface area (Å²) < 4.78 is 43.1. The quantitative estimate of drug-likeness (QED) is 0.314. The van der Waals surface area contributed by atoms with Crippen LogP contribution in [0.3, 0.4) is 0 Å². The lowest BCUT2D eigenvalue weighted by Crippen LogP contribution is -2.59. The molecule has 2 bridgehead atoms. The van der Waals surface area contributed by atoms with E-state index in [9.17, 15) is 13.2 Å². The minimum absolute atomic E-state index is 0.233. The van der Waals surface area contributed by atoms with E-state index in [0.29, 0.717) is 36.8 Å². The molecule has 2 aromatic carbocycles. The van der Waals surface area contributed by atoms with Crippen LogP contribution in [0.5, 0.6) is 5.75 Å². The van der Waals surface area contributed by atoms with Crippen molar-refractivity contribution in [1.29, 1.82) is 0 Å². The Bertz CT molecular complexity index is 2040. The lowest BCUT2D eigenvalue weighted by molar-refractivity contribution is -0.0957. The molecule has 1 saturated carbocycles. The number of ether oxygens (including phenoxy) is 2. The number of halogens is 1. The number of hydrogen-bond donors (Lipinski definition) is 1. The van der Waals surface area contributed by atoms with Gasteiger partial charge in [0.15, 0.2) is 0 Å². The molecular weight excluding hydrogens is 748 g/mol. The third-order valence-electron chi connectivity index (χ3n) is 13.5. The van der Waals surface area contributed by atoms with E-state index < -0.39 is 26.8 Å². The Balaban J connectivity index is 1.14. The van der Waals surface area contributed by atoms with Gasteiger partial charge < -0.3 is 14.4 Å². The topological polar surface area (TPSA) is 117 Å². The number of piperazine rings is 1. The van der Waals surface area contributed by atoms with Gasteiger partial charge in [-0.25, -0.2) is 23.1 Å². The zero-order chi connectivity index (χ0) is 39.1. The van der Waals surface area contributed by atoms with Crippen LogP contribution in [-0.4, -0.2) is 104 Å². The average Bonchev–Trinajstić information content (AvgIpc) is 3.33. The van der Waals surface area contributed by atoms with Crippen molar-refractivity contribution in [3.8, 4) is 5.75 Å². The molecule has 6 atom stereocenters. The number of anilines is 1. The van der Waals surface area contributed by atoms with Crippen molar-refractivity contribution in [2.24, 2.45) is 17.8 Å². The van der Waals surface area contributed by atoms with Crippen molar-refractivity contribution < 1.29 is 22.7 Å². The number of aryl methyl sites for hydroxylation is 1. The van der Waals surface area contributed by atoms with Gasteiger partial charge in [-0.05, 0) is 111 Å². The average molecular weight is 803 g/mol. The molecule has 3 aromatic rings. The molecule has 2 fully saturated rings. The summed E-state index contributed by atoms with van der Waals surface area (Å²) in [4.78, 5) is 29.9. The first-order chi connectivity index (χ1) is 27.0. The highest BCUT2D eigenvalue weighted by atomic mass is 35.5. The zero-order valence-corrected chi connectivity index (χ0v) is 34.4. The molecule has 0 radical (unpaired) electrons. The van der Waals surface area contributed by atoms with Crippen molar-refractivity contribution in [3.05, 3.63) is 94.5 Å². The summed E-state index contributed by atoms with van der Waals surface area (Å²) in [6.07, 6.45) is 13.6. The maximum absolute atomic E-state index is 13.7. The summed E-state index contributed by atoms with van der Waals surface area (Å²) >= 11 is 6.51. The van der Waals surface area contributed by atoms with Gasteiger partial charge in [-0.1, -0.05) is 36.7 Å². The van der Waals surface area contributed by atoms with Crippen LogP contribution in [0.1, 0.15) is 73.3 Å². The van der Waals surface area contributed by atoms with Gasteiger partial charge in [0, 0.05) is 81.3 Å². The number of allylic oxidation sites excluding steroid dienone is 1. The molecule has 56 heavy (non-hydrogen) atoms. The maximum Gasteiger partial charge on any atom is 0.264 e. The molecule has 2 aliphatic carbocycles. The number of hydrogen-bond acceptors (Lipinski definition) is 10. The number of aromatic nitrogens is 2. The summed E-state index contributed by atoms with van der Waals surface area (Å²) in [5.74, 6) is 1.23. The van der Waals surface area contributed by atoms with Crippen LogP contribution in [0.25, 0.3) is 0 Å². The lowest BCUT2D eigenvalue weighted by Gasteiger charge is -2.52. The molecule has 4 heterocycles. The van der Waals surface area contributed by atoms with Crippen LogP contribution in [0.4, 0.5) is 5.69 Å². The minimum Gasteiger partial charge on any atom is -0.490 e. The Morgan fingerprint density at radius 3 is 2.57 bits per heavy atom. The van der Waals surface area contributed by atoms with Crippen LogP contribution >= 0.6 is 11.6 Å². The van der Waals surface area contributed by atoms with E-state index in [-0.39, 0.29) is 17.3 Å². The number of nitrogens with one attached hydrogen (secondary N) is 1. The Labute approximate surface area is 336 Å². The second kappa shape index (κ2) is 16.0. The molecule has 0 unspecified atom stereocenters. The van der Waals surface area contributed by atoms with Crippen molar-refractivity contribution in [2.75, 3.05) is 64.4 Å². The fourth-order valence-electron chi connectivity index (χ4n) is 9.87. The second-order valence-electron chi connectivity index (χ2n) is 16.9. The van der Waals surface area contributed by atoms with E-state index in [1.165, 1.54) is 11.1 Å². The highest BCUT2D eigenvalue weighted by Crippen LogP contribution is 2.49. The zero-order valence-electron chi connectivity index (χ0n) is 32.8. The lowest BCUT2D eigenvalue weighted by atomic mass is 9.63. The van der Waals surface area contributed by atoms with Gasteiger partial charge in [0.05, 0.1) is 24.1 Å². The van der Waals surface area contributed by atoms with Gasteiger partial charge in [-0.3, -0.25) is 14.6 Å².